The lowest BCUT2D eigenvalue weighted by Crippen LogP contribution is -2.27. The first-order chi connectivity index (χ1) is 7.05. The quantitative estimate of drug-likeness (QED) is 0.630. The monoisotopic (exact) mass is 221 g/mol. The van der Waals surface area contributed by atoms with E-state index in [4.69, 9.17) is 0 Å². The van der Waals surface area contributed by atoms with Crippen molar-refractivity contribution in [1.82, 2.24) is 4.90 Å². The molecule has 0 aromatic rings. The predicted octanol–water partition coefficient (Wildman–Crippen LogP) is 4.59. The van der Waals surface area contributed by atoms with Gasteiger partial charge < -0.3 is 4.90 Å². The van der Waals surface area contributed by atoms with Gasteiger partial charge in [-0.2, -0.15) is 0 Å². The molecule has 0 aromatic carbocycles. The van der Waals surface area contributed by atoms with Gasteiger partial charge in [0.05, 0.1) is 0 Å². The van der Waals surface area contributed by atoms with Crippen molar-refractivity contribution in [3.05, 3.63) is 36.7 Å². The molecule has 1 heteroatoms. The molecule has 0 saturated carbocycles. The van der Waals surface area contributed by atoms with Gasteiger partial charge in [0, 0.05) is 18.2 Å². The molecule has 0 saturated heterocycles. The maximum Gasteiger partial charge on any atom is 0.0262 e. The third kappa shape index (κ3) is 3.55. The zero-order valence-electron chi connectivity index (χ0n) is 12.0. The molecular weight excluding hydrogens is 194 g/mol. The van der Waals surface area contributed by atoms with Gasteiger partial charge in [-0.15, -0.1) is 0 Å². The summed E-state index contributed by atoms with van der Waals surface area (Å²) in [5, 5.41) is 0. The van der Waals surface area contributed by atoms with E-state index in [0.717, 1.165) is 0 Å². The largest absolute Gasteiger partial charge is 0.354 e. The molecule has 92 valence electrons. The van der Waals surface area contributed by atoms with E-state index in [1.165, 1.54) is 11.3 Å². The maximum atomic E-state index is 3.96. The molecule has 0 fully saturated rings. The van der Waals surface area contributed by atoms with Crippen LogP contribution >= 0.6 is 0 Å². The van der Waals surface area contributed by atoms with Gasteiger partial charge in [0.1, 0.15) is 0 Å². The Balaban J connectivity index is 5.88. The Morgan fingerprint density at radius 2 is 1.38 bits per heavy atom. The topological polar surface area (TPSA) is 3.24 Å². The number of rotatable bonds is 3. The Morgan fingerprint density at radius 1 is 0.938 bits per heavy atom. The standard InChI is InChI=1S/C15H27N/c1-10-12(14(3,4)5)13(15(6,7)8)16(9)11-2/h10-11H,1-2H2,3-9H3/b13-12+. The highest BCUT2D eigenvalue weighted by Crippen LogP contribution is 2.38. The van der Waals surface area contributed by atoms with Crippen LogP contribution in [0.5, 0.6) is 0 Å². The first-order valence-corrected chi connectivity index (χ1v) is 5.78. The fourth-order valence-corrected chi connectivity index (χ4v) is 1.97. The van der Waals surface area contributed by atoms with Gasteiger partial charge in [-0.25, -0.2) is 0 Å². The average molecular weight is 221 g/mol. The smallest absolute Gasteiger partial charge is 0.0262 e. The van der Waals surface area contributed by atoms with Crippen molar-refractivity contribution < 1.29 is 0 Å². The van der Waals surface area contributed by atoms with Gasteiger partial charge >= 0.3 is 0 Å². The first-order valence-electron chi connectivity index (χ1n) is 5.78. The van der Waals surface area contributed by atoms with E-state index in [-0.39, 0.29) is 10.8 Å². The fourth-order valence-electron chi connectivity index (χ4n) is 1.97. The minimum Gasteiger partial charge on any atom is -0.354 e. The van der Waals surface area contributed by atoms with E-state index < -0.39 is 0 Å². The van der Waals surface area contributed by atoms with Crippen LogP contribution in [0.25, 0.3) is 0 Å². The number of nitrogens with zero attached hydrogens (tertiary/aromatic N) is 1. The Labute approximate surface area is 102 Å². The van der Waals surface area contributed by atoms with Crippen LogP contribution in [0.4, 0.5) is 0 Å². The van der Waals surface area contributed by atoms with E-state index in [1.807, 2.05) is 19.3 Å². The van der Waals surface area contributed by atoms with Gasteiger partial charge in [0.15, 0.2) is 0 Å². The number of allylic oxidation sites excluding steroid dienone is 3. The summed E-state index contributed by atoms with van der Waals surface area (Å²) in [6.07, 6.45) is 3.83. The summed E-state index contributed by atoms with van der Waals surface area (Å²) in [6, 6.07) is 0. The minimum atomic E-state index is 0.0831. The zero-order chi connectivity index (χ0) is 13.1. The number of hydrogen-bond donors (Lipinski definition) is 0. The normalized spacial score (nSPS) is 14.2. The molecule has 0 amide bonds. The Bertz CT molecular complexity index is 294. The van der Waals surface area contributed by atoms with Crippen LogP contribution in [-0.2, 0) is 0 Å². The highest BCUT2D eigenvalue weighted by Gasteiger charge is 2.28. The van der Waals surface area contributed by atoms with Crippen LogP contribution in [0.15, 0.2) is 36.7 Å². The lowest BCUT2D eigenvalue weighted by Gasteiger charge is -2.36. The molecule has 0 aliphatic rings. The van der Waals surface area contributed by atoms with Crippen molar-refractivity contribution in [2.24, 2.45) is 10.8 Å². The van der Waals surface area contributed by atoms with Gasteiger partial charge in [-0.3, -0.25) is 0 Å². The molecule has 0 N–H and O–H groups in total. The van der Waals surface area contributed by atoms with Crippen molar-refractivity contribution in [3.63, 3.8) is 0 Å². The van der Waals surface area contributed by atoms with Crippen molar-refractivity contribution in [3.8, 4) is 0 Å². The first kappa shape index (κ1) is 15.0. The Kier molecular flexibility index (Phi) is 4.60. The summed E-state index contributed by atoms with van der Waals surface area (Å²) in [6.45, 7) is 21.1. The summed E-state index contributed by atoms with van der Waals surface area (Å²) >= 11 is 0. The molecule has 0 aromatic heterocycles. The molecule has 0 spiro atoms. The van der Waals surface area contributed by atoms with Gasteiger partial charge in [-0.1, -0.05) is 60.8 Å². The zero-order valence-corrected chi connectivity index (χ0v) is 12.0. The van der Waals surface area contributed by atoms with Crippen LogP contribution in [0.3, 0.4) is 0 Å². The van der Waals surface area contributed by atoms with Crippen molar-refractivity contribution >= 4 is 0 Å². The third-order valence-corrected chi connectivity index (χ3v) is 2.60. The molecule has 0 aliphatic heterocycles. The van der Waals surface area contributed by atoms with Crippen LogP contribution in [0.2, 0.25) is 0 Å². The molecule has 0 atom stereocenters. The lowest BCUT2D eigenvalue weighted by molar-refractivity contribution is 0.351. The summed E-state index contributed by atoms with van der Waals surface area (Å²) < 4.78 is 0. The molecule has 16 heavy (non-hydrogen) atoms. The van der Waals surface area contributed by atoms with Gasteiger partial charge in [0.25, 0.3) is 0 Å². The van der Waals surface area contributed by atoms with E-state index >= 15 is 0 Å². The SMILES string of the molecule is C=C/C(=C(\N(C)C=C)C(C)(C)C)C(C)(C)C. The maximum absolute atomic E-state index is 3.96. The van der Waals surface area contributed by atoms with E-state index in [9.17, 15) is 0 Å². The van der Waals surface area contributed by atoms with Crippen LogP contribution in [-0.4, -0.2) is 11.9 Å². The Hall–Kier alpha value is -0.980. The second-order valence-electron chi connectivity index (χ2n) is 6.26. The minimum absolute atomic E-state index is 0.0831. The lowest BCUT2D eigenvalue weighted by atomic mass is 9.78. The predicted molar refractivity (Wildman–Crippen MR) is 74.1 cm³/mol. The van der Waals surface area contributed by atoms with Crippen molar-refractivity contribution in [1.29, 1.82) is 0 Å². The molecule has 0 heterocycles. The molecule has 0 radical (unpaired) electrons. The number of hydrogen-bond acceptors (Lipinski definition) is 1. The highest BCUT2D eigenvalue weighted by atomic mass is 15.1. The van der Waals surface area contributed by atoms with E-state index in [0.29, 0.717) is 0 Å². The summed E-state index contributed by atoms with van der Waals surface area (Å²) in [4.78, 5) is 2.10. The highest BCUT2D eigenvalue weighted by molar-refractivity contribution is 5.32. The molecule has 0 aliphatic carbocycles. The van der Waals surface area contributed by atoms with Crippen LogP contribution < -0.4 is 0 Å². The fraction of sp³-hybridized carbons (Fsp3) is 0.600. The summed E-state index contributed by atoms with van der Waals surface area (Å²) in [7, 11) is 2.04. The Morgan fingerprint density at radius 3 is 1.56 bits per heavy atom. The summed E-state index contributed by atoms with van der Waals surface area (Å²) in [5.41, 5.74) is 2.74. The van der Waals surface area contributed by atoms with E-state index in [2.05, 4.69) is 59.6 Å². The van der Waals surface area contributed by atoms with Crippen LogP contribution in [0, 0.1) is 10.8 Å². The van der Waals surface area contributed by atoms with Gasteiger partial charge in [-0.05, 0) is 17.2 Å². The van der Waals surface area contributed by atoms with Crippen LogP contribution in [0.1, 0.15) is 41.5 Å². The molecule has 0 bridgehead atoms. The molecular formula is C15H27N. The van der Waals surface area contributed by atoms with E-state index in [1.54, 1.807) is 0 Å². The van der Waals surface area contributed by atoms with Gasteiger partial charge in [0.2, 0.25) is 0 Å². The van der Waals surface area contributed by atoms with Crippen molar-refractivity contribution in [2.75, 3.05) is 7.05 Å². The van der Waals surface area contributed by atoms with Crippen molar-refractivity contribution in [2.45, 2.75) is 41.5 Å². The molecule has 1 nitrogen and oxygen atoms in total. The third-order valence-electron chi connectivity index (χ3n) is 2.60. The summed E-state index contributed by atoms with van der Waals surface area (Å²) in [5.74, 6) is 0. The second-order valence-corrected chi connectivity index (χ2v) is 6.26. The average Bonchev–Trinajstić information content (AvgIpc) is 2.08. The second kappa shape index (κ2) is 4.90. The molecule has 0 unspecified atom stereocenters. The molecule has 0 rings (SSSR count).